The zero-order valence-electron chi connectivity index (χ0n) is 16.9. The Kier molecular flexibility index (Phi) is 4.95. The first-order valence-corrected chi connectivity index (χ1v) is 9.47. The number of rotatable bonds is 2. The van der Waals surface area contributed by atoms with Crippen LogP contribution in [0.15, 0.2) is 47.3 Å². The molecule has 10 heteroatoms. The molecule has 166 valence electrons. The number of alkyl halides is 3. The number of hydrogen-bond donors (Lipinski definition) is 2. The Hall–Kier alpha value is -3.82. The lowest BCUT2D eigenvalue weighted by Crippen LogP contribution is -2.45. The topological polar surface area (TPSA) is 76.6 Å². The summed E-state index contributed by atoms with van der Waals surface area (Å²) in [5, 5.41) is 10.0. The van der Waals surface area contributed by atoms with Gasteiger partial charge in [-0.2, -0.15) is 13.2 Å². The van der Waals surface area contributed by atoms with Crippen molar-refractivity contribution in [2.24, 2.45) is 0 Å². The maximum Gasteiger partial charge on any atom is 0.420 e. The van der Waals surface area contributed by atoms with Gasteiger partial charge in [0.15, 0.2) is 0 Å². The Morgan fingerprint density at radius 2 is 1.62 bits per heavy atom. The van der Waals surface area contributed by atoms with E-state index in [1.54, 1.807) is 13.8 Å². The molecule has 0 fully saturated rings. The van der Waals surface area contributed by atoms with E-state index in [4.69, 9.17) is 0 Å². The Morgan fingerprint density at radius 1 is 0.938 bits per heavy atom. The highest BCUT2D eigenvalue weighted by Crippen LogP contribution is 2.44. The number of fused-ring (bicyclic) bond motifs is 1. The first kappa shape index (κ1) is 21.4. The number of aromatic nitrogens is 1. The van der Waals surface area contributed by atoms with Gasteiger partial charge in [-0.25, -0.2) is 4.39 Å². The molecule has 2 N–H and O–H groups in total. The van der Waals surface area contributed by atoms with E-state index in [-0.39, 0.29) is 23.5 Å². The van der Waals surface area contributed by atoms with Crippen LogP contribution in [0.1, 0.15) is 27.2 Å². The molecule has 1 aliphatic heterocycles. The third-order valence-corrected chi connectivity index (χ3v) is 5.30. The van der Waals surface area contributed by atoms with Gasteiger partial charge in [-0.15, -0.1) is 0 Å². The number of halogens is 4. The third kappa shape index (κ3) is 3.57. The lowest BCUT2D eigenvalue weighted by molar-refractivity contribution is -0.138. The fourth-order valence-corrected chi connectivity index (χ4v) is 3.80. The number of amides is 1. The number of hydrogen-bond acceptors (Lipinski definition) is 4. The number of aromatic amines is 1. The van der Waals surface area contributed by atoms with Crippen molar-refractivity contribution in [1.82, 2.24) is 4.98 Å². The van der Waals surface area contributed by atoms with Crippen LogP contribution in [-0.4, -0.2) is 22.7 Å². The van der Waals surface area contributed by atoms with E-state index in [1.165, 1.54) is 40.1 Å². The van der Waals surface area contributed by atoms with Crippen LogP contribution in [0.3, 0.4) is 0 Å². The molecular weight excluding hydrogens is 430 g/mol. The van der Waals surface area contributed by atoms with Crippen molar-refractivity contribution in [3.8, 4) is 5.75 Å². The van der Waals surface area contributed by atoms with Crippen molar-refractivity contribution in [2.75, 3.05) is 16.5 Å². The molecule has 0 unspecified atom stereocenters. The van der Waals surface area contributed by atoms with Crippen molar-refractivity contribution in [3.63, 3.8) is 0 Å². The molecule has 4 rings (SSSR count). The van der Waals surface area contributed by atoms with Gasteiger partial charge in [0.05, 0.1) is 22.5 Å². The van der Waals surface area contributed by atoms with Gasteiger partial charge >= 0.3 is 6.18 Å². The summed E-state index contributed by atoms with van der Waals surface area (Å²) in [5.41, 5.74) is -0.386. The minimum Gasteiger partial charge on any atom is -0.507 e. The Morgan fingerprint density at radius 3 is 2.25 bits per heavy atom. The molecule has 0 spiro atoms. The summed E-state index contributed by atoms with van der Waals surface area (Å²) in [6.45, 7) is 2.97. The molecular formula is C22H17F4N3O3. The molecule has 0 saturated carbocycles. The lowest BCUT2D eigenvalue weighted by atomic mass is 10.0. The molecule has 0 radical (unpaired) electrons. The van der Waals surface area contributed by atoms with Crippen molar-refractivity contribution in [3.05, 3.63) is 81.0 Å². The lowest BCUT2D eigenvalue weighted by Gasteiger charge is -2.39. The number of phenolic OH excluding ortho intramolecular Hbond substituents is 1. The van der Waals surface area contributed by atoms with Crippen molar-refractivity contribution >= 4 is 23.0 Å². The summed E-state index contributed by atoms with van der Waals surface area (Å²) < 4.78 is 54.0. The van der Waals surface area contributed by atoms with Gasteiger partial charge in [0.1, 0.15) is 18.2 Å². The second-order valence-electron chi connectivity index (χ2n) is 7.45. The Balaban J connectivity index is 1.96. The second kappa shape index (κ2) is 7.40. The summed E-state index contributed by atoms with van der Waals surface area (Å²) in [4.78, 5) is 30.1. The number of nitrogens with one attached hydrogen (secondary N) is 1. The molecule has 1 aromatic heterocycles. The zero-order valence-corrected chi connectivity index (χ0v) is 16.9. The van der Waals surface area contributed by atoms with Gasteiger partial charge in [-0.05, 0) is 55.8 Å². The maximum atomic E-state index is 13.7. The summed E-state index contributed by atoms with van der Waals surface area (Å²) in [6, 6.07) is 7.94. The van der Waals surface area contributed by atoms with Crippen molar-refractivity contribution in [1.29, 1.82) is 0 Å². The van der Waals surface area contributed by atoms with Gasteiger partial charge in [0, 0.05) is 17.4 Å². The molecule has 6 nitrogen and oxygen atoms in total. The number of benzene rings is 2. The predicted molar refractivity (Wildman–Crippen MR) is 110 cm³/mol. The molecule has 2 aromatic carbocycles. The van der Waals surface area contributed by atoms with E-state index in [0.29, 0.717) is 28.7 Å². The van der Waals surface area contributed by atoms with E-state index in [2.05, 4.69) is 4.98 Å². The number of pyridine rings is 1. The SMILES string of the molecule is Cc1cc(F)ccc1N1CN(c2ccc(=O)[nH]c2C)C(=O)c2cc(O)c(C(F)(F)F)cc21. The van der Waals surface area contributed by atoms with E-state index in [0.717, 1.165) is 6.07 Å². The fraction of sp³-hybridized carbons (Fsp3) is 0.182. The average molecular weight is 447 g/mol. The Bertz CT molecular complexity index is 1300. The number of phenols is 1. The molecule has 1 amide bonds. The number of carbonyl (C=O) groups excluding carboxylic acids is 1. The molecule has 0 bridgehead atoms. The molecule has 1 aliphatic rings. The largest absolute Gasteiger partial charge is 0.507 e. The highest BCUT2D eigenvalue weighted by molar-refractivity contribution is 6.13. The molecule has 2 heterocycles. The minimum absolute atomic E-state index is 0.0758. The smallest absolute Gasteiger partial charge is 0.420 e. The number of aryl methyl sites for hydroxylation is 2. The summed E-state index contributed by atoms with van der Waals surface area (Å²) in [7, 11) is 0. The quantitative estimate of drug-likeness (QED) is 0.563. The normalized spacial score (nSPS) is 14.0. The van der Waals surface area contributed by atoms with Gasteiger partial charge in [-0.1, -0.05) is 0 Å². The molecule has 3 aromatic rings. The van der Waals surface area contributed by atoms with Crippen LogP contribution in [-0.2, 0) is 6.18 Å². The van der Waals surface area contributed by atoms with Crippen LogP contribution in [0, 0.1) is 19.7 Å². The van der Waals surface area contributed by atoms with Crippen LogP contribution >= 0.6 is 0 Å². The number of carbonyl (C=O) groups is 1. The van der Waals surface area contributed by atoms with Crippen LogP contribution in [0.5, 0.6) is 5.75 Å². The standard InChI is InChI=1S/C22H17F4N3O3/c1-11-7-13(23)3-4-16(11)28-10-29(17-5-6-20(31)27-12(17)2)21(32)14-8-19(30)15(9-18(14)28)22(24,25)26/h3-9,30H,10H2,1-2H3,(H,27,31). The summed E-state index contributed by atoms with van der Waals surface area (Å²) in [6.07, 6.45) is -4.85. The van der Waals surface area contributed by atoms with Crippen molar-refractivity contribution in [2.45, 2.75) is 20.0 Å². The number of aromatic hydroxyl groups is 1. The van der Waals surface area contributed by atoms with E-state index < -0.39 is 29.2 Å². The van der Waals surface area contributed by atoms with Crippen LogP contribution < -0.4 is 15.4 Å². The average Bonchev–Trinajstić information content (AvgIpc) is 2.68. The zero-order chi connectivity index (χ0) is 23.4. The van der Waals surface area contributed by atoms with Crippen LogP contribution in [0.25, 0.3) is 0 Å². The molecule has 0 saturated heterocycles. The predicted octanol–water partition coefficient (Wildman–Crippen LogP) is 4.61. The maximum absolute atomic E-state index is 13.7. The number of H-pyrrole nitrogens is 1. The Labute approximate surface area is 179 Å². The monoisotopic (exact) mass is 447 g/mol. The van der Waals surface area contributed by atoms with Crippen LogP contribution in [0.2, 0.25) is 0 Å². The molecule has 0 atom stereocenters. The van der Waals surface area contributed by atoms with Gasteiger partial charge in [-0.3, -0.25) is 14.5 Å². The third-order valence-electron chi connectivity index (χ3n) is 5.30. The first-order chi connectivity index (χ1) is 15.0. The summed E-state index contributed by atoms with van der Waals surface area (Å²) >= 11 is 0. The molecule has 0 aliphatic carbocycles. The summed E-state index contributed by atoms with van der Waals surface area (Å²) in [5.74, 6) is -2.26. The number of nitrogens with zero attached hydrogens (tertiary/aromatic N) is 2. The fourth-order valence-electron chi connectivity index (χ4n) is 3.80. The van der Waals surface area contributed by atoms with Gasteiger partial charge in [0.25, 0.3) is 5.91 Å². The van der Waals surface area contributed by atoms with E-state index >= 15 is 0 Å². The van der Waals surface area contributed by atoms with Crippen molar-refractivity contribution < 1.29 is 27.5 Å². The van der Waals surface area contributed by atoms with E-state index in [1.807, 2.05) is 0 Å². The van der Waals surface area contributed by atoms with Crippen LogP contribution in [0.4, 0.5) is 34.6 Å². The minimum atomic E-state index is -4.85. The number of anilines is 3. The van der Waals surface area contributed by atoms with Gasteiger partial charge < -0.3 is 15.0 Å². The van der Waals surface area contributed by atoms with Gasteiger partial charge in [0.2, 0.25) is 5.56 Å². The second-order valence-corrected chi connectivity index (χ2v) is 7.45. The molecule has 32 heavy (non-hydrogen) atoms. The van der Waals surface area contributed by atoms with E-state index in [9.17, 15) is 32.3 Å². The first-order valence-electron chi connectivity index (χ1n) is 9.47. The highest BCUT2D eigenvalue weighted by Gasteiger charge is 2.39. The highest BCUT2D eigenvalue weighted by atomic mass is 19.4.